The van der Waals surface area contributed by atoms with Gasteiger partial charge in [0, 0.05) is 7.11 Å². The fraction of sp³-hybridized carbons (Fsp3) is 0.400. The molecule has 0 spiro atoms. The molecule has 2 atom stereocenters. The molecule has 1 saturated heterocycles. The summed E-state index contributed by atoms with van der Waals surface area (Å²) < 4.78 is 10.5. The van der Waals surface area contributed by atoms with E-state index in [0.717, 1.165) is 6.61 Å². The van der Waals surface area contributed by atoms with Gasteiger partial charge in [0.05, 0.1) is 6.61 Å². The molecule has 1 aliphatic rings. The van der Waals surface area contributed by atoms with Crippen LogP contribution in [0.4, 0.5) is 0 Å². The number of rotatable bonds is 3. The predicted molar refractivity (Wildman–Crippen MR) is 45.9 cm³/mol. The predicted octanol–water partition coefficient (Wildman–Crippen LogP) is 1.77. The average Bonchev–Trinajstić information content (AvgIpc) is 2.92. The molecule has 0 aromatic heterocycles. The summed E-state index contributed by atoms with van der Waals surface area (Å²) in [6.07, 6.45) is 0.392. The quantitative estimate of drug-likeness (QED) is 0.635. The van der Waals surface area contributed by atoms with Crippen molar-refractivity contribution in [2.24, 2.45) is 0 Å². The Bertz CT molecular complexity index is 241. The van der Waals surface area contributed by atoms with Crippen molar-refractivity contribution in [1.82, 2.24) is 0 Å². The van der Waals surface area contributed by atoms with Crippen LogP contribution < -0.4 is 0 Å². The third kappa shape index (κ3) is 1.49. The van der Waals surface area contributed by atoms with Crippen LogP contribution in [0.5, 0.6) is 0 Å². The molecule has 1 heterocycles. The zero-order valence-corrected chi connectivity index (χ0v) is 7.07. The summed E-state index contributed by atoms with van der Waals surface area (Å²) in [5.74, 6) is 0. The van der Waals surface area contributed by atoms with Gasteiger partial charge in [0.25, 0.3) is 0 Å². The lowest BCUT2D eigenvalue weighted by atomic mass is 10.1. The summed E-state index contributed by atoms with van der Waals surface area (Å²) in [6, 6.07) is 10.2. The molecule has 0 radical (unpaired) electrons. The summed E-state index contributed by atoms with van der Waals surface area (Å²) >= 11 is 0. The Labute approximate surface area is 72.1 Å². The van der Waals surface area contributed by atoms with E-state index in [0.29, 0.717) is 0 Å². The average molecular weight is 164 g/mol. The van der Waals surface area contributed by atoms with Gasteiger partial charge in [0.2, 0.25) is 0 Å². The van der Waals surface area contributed by atoms with E-state index in [9.17, 15) is 0 Å². The van der Waals surface area contributed by atoms with E-state index >= 15 is 0 Å². The maximum Gasteiger partial charge on any atom is 0.111 e. The van der Waals surface area contributed by atoms with E-state index in [1.807, 2.05) is 18.2 Å². The highest BCUT2D eigenvalue weighted by Crippen LogP contribution is 2.29. The highest BCUT2D eigenvalue weighted by atomic mass is 16.6. The molecule has 0 amide bonds. The molecule has 2 rings (SSSR count). The second-order valence-electron chi connectivity index (χ2n) is 2.94. The molecule has 0 bridgehead atoms. The van der Waals surface area contributed by atoms with Gasteiger partial charge in [-0.3, -0.25) is 0 Å². The van der Waals surface area contributed by atoms with Crippen molar-refractivity contribution in [3.05, 3.63) is 35.9 Å². The molecule has 1 aromatic carbocycles. The zero-order valence-electron chi connectivity index (χ0n) is 7.07. The van der Waals surface area contributed by atoms with E-state index in [-0.39, 0.29) is 12.2 Å². The van der Waals surface area contributed by atoms with Crippen LogP contribution in [-0.2, 0) is 9.47 Å². The summed E-state index contributed by atoms with van der Waals surface area (Å²) in [4.78, 5) is 0. The highest BCUT2D eigenvalue weighted by molar-refractivity contribution is 5.19. The van der Waals surface area contributed by atoms with E-state index in [4.69, 9.17) is 9.47 Å². The Balaban J connectivity index is 2.15. The number of hydrogen-bond acceptors (Lipinski definition) is 2. The molecule has 0 aliphatic carbocycles. The first kappa shape index (κ1) is 7.77. The van der Waals surface area contributed by atoms with Crippen LogP contribution in [-0.4, -0.2) is 19.8 Å². The third-order valence-corrected chi connectivity index (χ3v) is 2.08. The lowest BCUT2D eigenvalue weighted by Gasteiger charge is -2.11. The van der Waals surface area contributed by atoms with Gasteiger partial charge in [-0.2, -0.15) is 0 Å². The minimum absolute atomic E-state index is 0.117. The fourth-order valence-electron chi connectivity index (χ4n) is 1.38. The minimum Gasteiger partial charge on any atom is -0.374 e. The van der Waals surface area contributed by atoms with Crippen molar-refractivity contribution in [2.45, 2.75) is 12.2 Å². The molecule has 64 valence electrons. The molecule has 2 heteroatoms. The molecule has 1 aliphatic heterocycles. The third-order valence-electron chi connectivity index (χ3n) is 2.08. The van der Waals surface area contributed by atoms with Gasteiger partial charge in [-0.25, -0.2) is 0 Å². The van der Waals surface area contributed by atoms with Gasteiger partial charge in [0.1, 0.15) is 12.2 Å². The summed E-state index contributed by atoms with van der Waals surface area (Å²) in [6.45, 7) is 0.827. The molecule has 2 unspecified atom stereocenters. The Kier molecular flexibility index (Phi) is 2.11. The highest BCUT2D eigenvalue weighted by Gasteiger charge is 2.33. The number of benzene rings is 1. The zero-order chi connectivity index (χ0) is 8.39. The normalized spacial score (nSPS) is 23.6. The molecule has 1 aromatic rings. The smallest absolute Gasteiger partial charge is 0.111 e. The van der Waals surface area contributed by atoms with Crippen molar-refractivity contribution < 1.29 is 9.47 Å². The van der Waals surface area contributed by atoms with Crippen LogP contribution in [0.15, 0.2) is 30.3 Å². The van der Waals surface area contributed by atoms with Gasteiger partial charge >= 0.3 is 0 Å². The van der Waals surface area contributed by atoms with Crippen LogP contribution in [0.3, 0.4) is 0 Å². The second kappa shape index (κ2) is 3.25. The van der Waals surface area contributed by atoms with Crippen LogP contribution in [0, 0.1) is 0 Å². The number of ether oxygens (including phenoxy) is 2. The van der Waals surface area contributed by atoms with E-state index < -0.39 is 0 Å². The Hall–Kier alpha value is -0.860. The summed E-state index contributed by atoms with van der Waals surface area (Å²) in [7, 11) is 1.72. The van der Waals surface area contributed by atoms with Crippen molar-refractivity contribution in [3.8, 4) is 0 Å². The van der Waals surface area contributed by atoms with Gasteiger partial charge in [-0.15, -0.1) is 0 Å². The van der Waals surface area contributed by atoms with E-state index in [1.165, 1.54) is 5.56 Å². The van der Waals surface area contributed by atoms with Crippen LogP contribution in [0.1, 0.15) is 11.7 Å². The molecule has 0 saturated carbocycles. The first-order valence-electron chi connectivity index (χ1n) is 4.11. The molecular weight excluding hydrogens is 152 g/mol. The molecule has 2 nitrogen and oxygen atoms in total. The number of methoxy groups -OCH3 is 1. The van der Waals surface area contributed by atoms with Gasteiger partial charge < -0.3 is 9.47 Å². The molecule has 1 fully saturated rings. The van der Waals surface area contributed by atoms with Crippen molar-refractivity contribution in [1.29, 1.82) is 0 Å². The van der Waals surface area contributed by atoms with Crippen LogP contribution >= 0.6 is 0 Å². The molecular formula is C10H12O2. The standard InChI is InChI=1S/C10H12O2/c1-11-10(9-7-12-9)8-5-3-2-4-6-8/h2-6,9-10H,7H2,1H3. The Morgan fingerprint density at radius 3 is 2.58 bits per heavy atom. The van der Waals surface area contributed by atoms with Gasteiger partial charge in [-0.1, -0.05) is 30.3 Å². The van der Waals surface area contributed by atoms with Gasteiger partial charge in [-0.05, 0) is 5.56 Å². The van der Waals surface area contributed by atoms with Crippen molar-refractivity contribution >= 4 is 0 Å². The summed E-state index contributed by atoms with van der Waals surface area (Å²) in [5, 5.41) is 0. The SMILES string of the molecule is COC(c1ccccc1)C1CO1. The molecule has 12 heavy (non-hydrogen) atoms. The van der Waals surface area contributed by atoms with Crippen LogP contribution in [0.2, 0.25) is 0 Å². The number of hydrogen-bond donors (Lipinski definition) is 0. The van der Waals surface area contributed by atoms with Crippen molar-refractivity contribution in [3.63, 3.8) is 0 Å². The number of epoxide rings is 1. The fourth-order valence-corrected chi connectivity index (χ4v) is 1.38. The first-order valence-corrected chi connectivity index (χ1v) is 4.11. The second-order valence-corrected chi connectivity index (χ2v) is 2.94. The Morgan fingerprint density at radius 2 is 2.08 bits per heavy atom. The minimum atomic E-state index is 0.117. The van der Waals surface area contributed by atoms with Gasteiger partial charge in [0.15, 0.2) is 0 Å². The maximum absolute atomic E-state index is 5.34. The largest absolute Gasteiger partial charge is 0.374 e. The van der Waals surface area contributed by atoms with Crippen LogP contribution in [0.25, 0.3) is 0 Å². The topological polar surface area (TPSA) is 21.8 Å². The monoisotopic (exact) mass is 164 g/mol. The maximum atomic E-state index is 5.34. The van der Waals surface area contributed by atoms with E-state index in [1.54, 1.807) is 7.11 Å². The summed E-state index contributed by atoms with van der Waals surface area (Å²) in [5.41, 5.74) is 1.20. The lowest BCUT2D eigenvalue weighted by molar-refractivity contribution is 0.0761. The lowest BCUT2D eigenvalue weighted by Crippen LogP contribution is -2.07. The molecule has 0 N–H and O–H groups in total. The van der Waals surface area contributed by atoms with Crippen molar-refractivity contribution in [2.75, 3.05) is 13.7 Å². The first-order chi connectivity index (χ1) is 5.92. The van der Waals surface area contributed by atoms with E-state index in [2.05, 4.69) is 12.1 Å². The Morgan fingerprint density at radius 1 is 1.42 bits per heavy atom.